The molecule has 5 unspecified atom stereocenters. The summed E-state index contributed by atoms with van der Waals surface area (Å²) >= 11 is 0. The fourth-order valence-electron chi connectivity index (χ4n) is 7.58. The second-order valence-electron chi connectivity index (χ2n) is 15.6. The zero-order valence-electron chi connectivity index (χ0n) is 32.2. The first-order valence-electron chi connectivity index (χ1n) is 21.1. The number of hydrogen-bond donors (Lipinski definition) is 7. The van der Waals surface area contributed by atoms with Gasteiger partial charge in [-0.1, -0.05) is 135 Å². The van der Waals surface area contributed by atoms with Crippen molar-refractivity contribution in [2.24, 2.45) is 11.8 Å². The summed E-state index contributed by atoms with van der Waals surface area (Å²) in [6, 6.07) is 0. The third kappa shape index (κ3) is 20.5. The number of aliphatic hydroxyl groups is 6. The molecule has 51 heavy (non-hydrogen) atoms. The maximum Gasteiger partial charge on any atom is 0.186 e. The third-order valence-corrected chi connectivity index (χ3v) is 11.1. The molecular weight excluding hydrogens is 653 g/mol. The number of unbranched alkanes of at least 4 members (excludes halogenated alkanes) is 18. The molecule has 2 aliphatic rings. The Balaban J connectivity index is 1.74. The molecule has 2 aliphatic heterocycles. The number of allylic oxidation sites excluding steroid dienone is 1. The summed E-state index contributed by atoms with van der Waals surface area (Å²) in [4.78, 5) is 0. The summed E-state index contributed by atoms with van der Waals surface area (Å²) in [6.45, 7) is 3.68. The maximum atomic E-state index is 15.2. The van der Waals surface area contributed by atoms with Gasteiger partial charge >= 0.3 is 0 Å². The lowest BCUT2D eigenvalue weighted by molar-refractivity contribution is -0.303. The molecule has 0 aliphatic carbocycles. The van der Waals surface area contributed by atoms with Crippen LogP contribution in [-0.4, -0.2) is 99.9 Å². The van der Waals surface area contributed by atoms with Crippen LogP contribution in [-0.2, 0) is 9.47 Å². The van der Waals surface area contributed by atoms with E-state index in [2.05, 4.69) is 12.2 Å². The van der Waals surface area contributed by atoms with Gasteiger partial charge in [-0.25, -0.2) is 4.39 Å². The van der Waals surface area contributed by atoms with E-state index in [1.165, 1.54) is 115 Å². The Bertz CT molecular complexity index is 844. The van der Waals surface area contributed by atoms with E-state index in [0.29, 0.717) is 12.8 Å². The summed E-state index contributed by atoms with van der Waals surface area (Å²) in [5.41, 5.74) is 0. The number of nitrogens with one attached hydrogen (secondary N) is 1. The van der Waals surface area contributed by atoms with Gasteiger partial charge in [-0.2, -0.15) is 0 Å². The SMILES string of the molecule is CCCCCCCCCCCCCC[C@@H](O)[C@@H](O)[C@@H](/C=C(/F)CCCCCCCCCCC1CCNCC1)COC1OC(CO)C(O)C(O)C1O. The van der Waals surface area contributed by atoms with E-state index in [-0.39, 0.29) is 18.9 Å². The molecule has 0 aromatic heterocycles. The highest BCUT2D eigenvalue weighted by molar-refractivity contribution is 5.00. The van der Waals surface area contributed by atoms with E-state index in [4.69, 9.17) is 9.47 Å². The minimum absolute atomic E-state index is 0.231. The summed E-state index contributed by atoms with van der Waals surface area (Å²) in [7, 11) is 0. The van der Waals surface area contributed by atoms with Gasteiger partial charge in [0.05, 0.1) is 31.2 Å². The van der Waals surface area contributed by atoms with Crippen molar-refractivity contribution in [2.75, 3.05) is 26.3 Å². The van der Waals surface area contributed by atoms with Crippen molar-refractivity contribution in [2.45, 2.75) is 210 Å². The quantitative estimate of drug-likeness (QED) is 0.0375. The van der Waals surface area contributed by atoms with Gasteiger partial charge in [-0.3, -0.25) is 0 Å². The van der Waals surface area contributed by atoms with Crippen LogP contribution in [0.2, 0.25) is 0 Å². The molecule has 0 bridgehead atoms. The normalized spacial score (nSPS) is 25.3. The zero-order valence-corrected chi connectivity index (χ0v) is 32.2. The van der Waals surface area contributed by atoms with E-state index in [0.717, 1.165) is 50.9 Å². The highest BCUT2D eigenvalue weighted by Gasteiger charge is 2.44. The molecular formula is C41H78FNO8. The van der Waals surface area contributed by atoms with Crippen LogP contribution < -0.4 is 5.32 Å². The van der Waals surface area contributed by atoms with Crippen LogP contribution >= 0.6 is 0 Å². The molecule has 0 radical (unpaired) electrons. The van der Waals surface area contributed by atoms with E-state index in [1.54, 1.807) is 0 Å². The van der Waals surface area contributed by atoms with Gasteiger partial charge in [-0.15, -0.1) is 0 Å². The van der Waals surface area contributed by atoms with Crippen LogP contribution in [0.5, 0.6) is 0 Å². The Kier molecular flexibility index (Phi) is 27.0. The molecule has 2 fully saturated rings. The van der Waals surface area contributed by atoms with E-state index in [9.17, 15) is 30.6 Å². The molecule has 7 N–H and O–H groups in total. The van der Waals surface area contributed by atoms with Crippen molar-refractivity contribution in [1.82, 2.24) is 5.32 Å². The predicted octanol–water partition coefficient (Wildman–Crippen LogP) is 6.99. The largest absolute Gasteiger partial charge is 0.394 e. The van der Waals surface area contributed by atoms with Gasteiger partial charge in [0.25, 0.3) is 0 Å². The first-order valence-corrected chi connectivity index (χ1v) is 21.1. The van der Waals surface area contributed by atoms with Crippen molar-refractivity contribution < 1.29 is 44.5 Å². The second-order valence-corrected chi connectivity index (χ2v) is 15.6. The van der Waals surface area contributed by atoms with E-state index >= 15 is 4.39 Å². The molecule has 0 aromatic carbocycles. The van der Waals surface area contributed by atoms with Crippen molar-refractivity contribution in [3.63, 3.8) is 0 Å². The van der Waals surface area contributed by atoms with Crippen molar-refractivity contribution in [1.29, 1.82) is 0 Å². The van der Waals surface area contributed by atoms with Gasteiger partial charge < -0.3 is 45.4 Å². The molecule has 2 heterocycles. The smallest absolute Gasteiger partial charge is 0.186 e. The van der Waals surface area contributed by atoms with Crippen LogP contribution in [0, 0.1) is 11.8 Å². The number of ether oxygens (including phenoxy) is 2. The highest BCUT2D eigenvalue weighted by Crippen LogP contribution is 2.26. The van der Waals surface area contributed by atoms with Crippen LogP contribution in [0.25, 0.3) is 0 Å². The number of piperidine rings is 1. The van der Waals surface area contributed by atoms with Crippen LogP contribution in [0.15, 0.2) is 11.9 Å². The zero-order chi connectivity index (χ0) is 37.1. The monoisotopic (exact) mass is 732 g/mol. The lowest BCUT2D eigenvalue weighted by atomic mass is 9.92. The summed E-state index contributed by atoms with van der Waals surface area (Å²) in [6.07, 6.45) is 19.5. The van der Waals surface area contributed by atoms with Crippen molar-refractivity contribution >= 4 is 0 Å². The Morgan fingerprint density at radius 3 is 1.84 bits per heavy atom. The second kappa shape index (κ2) is 29.6. The predicted molar refractivity (Wildman–Crippen MR) is 202 cm³/mol. The summed E-state index contributed by atoms with van der Waals surface area (Å²) in [5.74, 6) is -0.404. The minimum Gasteiger partial charge on any atom is -0.394 e. The molecule has 0 spiro atoms. The van der Waals surface area contributed by atoms with E-state index in [1.807, 2.05) is 0 Å². The molecule has 2 saturated heterocycles. The number of rotatable bonds is 31. The number of aliphatic hydroxyl groups excluding tert-OH is 6. The average Bonchev–Trinajstić information content (AvgIpc) is 3.14. The number of hydrogen-bond acceptors (Lipinski definition) is 9. The minimum atomic E-state index is -1.60. The van der Waals surface area contributed by atoms with Crippen LogP contribution in [0.1, 0.15) is 167 Å². The summed E-state index contributed by atoms with van der Waals surface area (Å²) < 4.78 is 26.3. The molecule has 8 atom stereocenters. The van der Waals surface area contributed by atoms with Gasteiger partial charge in [0.2, 0.25) is 0 Å². The fourth-order valence-corrected chi connectivity index (χ4v) is 7.58. The van der Waals surface area contributed by atoms with Crippen molar-refractivity contribution in [3.8, 4) is 0 Å². The third-order valence-electron chi connectivity index (χ3n) is 11.1. The molecule has 9 nitrogen and oxygen atoms in total. The topological polar surface area (TPSA) is 152 Å². The lowest BCUT2D eigenvalue weighted by Crippen LogP contribution is -2.59. The lowest BCUT2D eigenvalue weighted by Gasteiger charge is -2.40. The van der Waals surface area contributed by atoms with Gasteiger partial charge in [0, 0.05) is 5.92 Å². The molecule has 302 valence electrons. The van der Waals surface area contributed by atoms with Crippen LogP contribution in [0.4, 0.5) is 4.39 Å². The maximum absolute atomic E-state index is 15.2. The van der Waals surface area contributed by atoms with Gasteiger partial charge in [0.15, 0.2) is 6.29 Å². The summed E-state index contributed by atoms with van der Waals surface area (Å²) in [5, 5.41) is 65.6. The Hall–Kier alpha value is -0.690. The van der Waals surface area contributed by atoms with Gasteiger partial charge in [0.1, 0.15) is 24.4 Å². The average molecular weight is 732 g/mol. The molecule has 0 aromatic rings. The Labute approximate surface area is 309 Å². The fraction of sp³-hybridized carbons (Fsp3) is 0.951. The first-order chi connectivity index (χ1) is 24.8. The van der Waals surface area contributed by atoms with Crippen molar-refractivity contribution in [3.05, 3.63) is 11.9 Å². The number of halogens is 1. The van der Waals surface area contributed by atoms with Gasteiger partial charge in [-0.05, 0) is 57.2 Å². The Morgan fingerprint density at radius 2 is 1.27 bits per heavy atom. The highest BCUT2D eigenvalue weighted by atomic mass is 19.1. The Morgan fingerprint density at radius 1 is 0.745 bits per heavy atom. The molecule has 10 heteroatoms. The molecule has 0 saturated carbocycles. The first kappa shape index (κ1) is 46.5. The molecule has 2 rings (SSSR count). The van der Waals surface area contributed by atoms with E-state index < -0.39 is 55.4 Å². The molecule has 0 amide bonds. The standard InChI is InChI=1S/C41H78FNO8/c1-2-3-4-5-6-7-8-9-10-15-18-21-24-35(45)37(46)33(31-50-41-40(49)39(48)38(47)36(30-44)51-41)29-34(42)23-20-17-14-12-11-13-16-19-22-32-25-27-43-28-26-32/h29,32-33,35-41,43-49H,2-28,30-31H2,1H3/b34-29+/t33-,35+,36?,37-,38?,39?,40?,41?/m0/s1. The van der Waals surface area contributed by atoms with Crippen LogP contribution in [0.3, 0.4) is 0 Å².